The van der Waals surface area contributed by atoms with Gasteiger partial charge in [0.25, 0.3) is 5.91 Å². The standard InChI is InChI=1S/C22H14ClF3N8O2/c23-17-18(29-10-30-20(17)31-12-3-5-27-6-4-12)21(35)28-9-13-8-16(36-34-13)19-32-14-2-1-11(22(24,25)26)7-15(14)33-19/h1-8,10H,9H2,(H,28,35)(H,32,33)(H,27,29,30,31). The Bertz CT molecular complexity index is 1550. The van der Waals surface area contributed by atoms with Crippen LogP contribution in [0.25, 0.3) is 22.6 Å². The zero-order chi connectivity index (χ0) is 25.3. The van der Waals surface area contributed by atoms with Crippen molar-refractivity contribution in [2.24, 2.45) is 0 Å². The first-order valence-electron chi connectivity index (χ1n) is 10.3. The quantitative estimate of drug-likeness (QED) is 0.295. The first-order valence-corrected chi connectivity index (χ1v) is 10.6. The summed E-state index contributed by atoms with van der Waals surface area (Å²) in [4.78, 5) is 31.6. The lowest BCUT2D eigenvalue weighted by molar-refractivity contribution is -0.137. The van der Waals surface area contributed by atoms with Crippen LogP contribution in [0.15, 0.2) is 59.6 Å². The number of nitrogens with one attached hydrogen (secondary N) is 3. The van der Waals surface area contributed by atoms with Crippen LogP contribution in [-0.2, 0) is 12.7 Å². The number of fused-ring (bicyclic) bond motifs is 1. The molecule has 0 aliphatic carbocycles. The number of hydrogen-bond acceptors (Lipinski definition) is 8. The summed E-state index contributed by atoms with van der Waals surface area (Å²) in [5.41, 5.74) is 0.695. The Morgan fingerprint density at radius 1 is 1.11 bits per heavy atom. The molecule has 5 rings (SSSR count). The van der Waals surface area contributed by atoms with Crippen molar-refractivity contribution < 1.29 is 22.5 Å². The molecule has 36 heavy (non-hydrogen) atoms. The third kappa shape index (κ3) is 4.81. The number of halogens is 4. The predicted molar refractivity (Wildman–Crippen MR) is 122 cm³/mol. The Morgan fingerprint density at radius 3 is 2.69 bits per heavy atom. The third-order valence-electron chi connectivity index (χ3n) is 4.98. The van der Waals surface area contributed by atoms with Crippen LogP contribution in [0.3, 0.4) is 0 Å². The highest BCUT2D eigenvalue weighted by atomic mass is 35.5. The average Bonchev–Trinajstić information content (AvgIpc) is 3.50. The fraction of sp³-hybridized carbons (Fsp3) is 0.0909. The number of carbonyl (C=O) groups excluding carboxylic acids is 1. The van der Waals surface area contributed by atoms with Gasteiger partial charge < -0.3 is 20.1 Å². The molecule has 4 heterocycles. The molecule has 0 bridgehead atoms. The zero-order valence-electron chi connectivity index (χ0n) is 18.0. The highest BCUT2D eigenvalue weighted by Crippen LogP contribution is 2.32. The van der Waals surface area contributed by atoms with Crippen LogP contribution in [-0.4, -0.2) is 36.0 Å². The van der Waals surface area contributed by atoms with Gasteiger partial charge in [0.1, 0.15) is 17.0 Å². The number of alkyl halides is 3. The molecule has 4 aromatic heterocycles. The third-order valence-corrected chi connectivity index (χ3v) is 5.34. The summed E-state index contributed by atoms with van der Waals surface area (Å²) in [6.07, 6.45) is -0.103. The van der Waals surface area contributed by atoms with Gasteiger partial charge in [-0.25, -0.2) is 15.0 Å². The molecule has 0 aliphatic rings. The molecular formula is C22H14ClF3N8O2. The molecule has 0 aliphatic heterocycles. The maximum absolute atomic E-state index is 12.9. The molecular weight excluding hydrogens is 501 g/mol. The number of pyridine rings is 1. The molecule has 0 atom stereocenters. The van der Waals surface area contributed by atoms with E-state index in [2.05, 4.69) is 40.7 Å². The van der Waals surface area contributed by atoms with Crippen molar-refractivity contribution >= 4 is 40.0 Å². The second kappa shape index (κ2) is 9.26. The van der Waals surface area contributed by atoms with E-state index < -0.39 is 17.6 Å². The summed E-state index contributed by atoms with van der Waals surface area (Å²) in [6, 6.07) is 8.09. The van der Waals surface area contributed by atoms with E-state index in [9.17, 15) is 18.0 Å². The molecule has 3 N–H and O–H groups in total. The number of nitrogens with zero attached hydrogens (tertiary/aromatic N) is 5. The van der Waals surface area contributed by atoms with Crippen molar-refractivity contribution in [3.8, 4) is 11.6 Å². The van der Waals surface area contributed by atoms with Gasteiger partial charge in [0.05, 0.1) is 23.1 Å². The lowest BCUT2D eigenvalue weighted by atomic mass is 10.2. The van der Waals surface area contributed by atoms with Gasteiger partial charge in [0.2, 0.25) is 5.76 Å². The minimum absolute atomic E-state index is 0.0214. The van der Waals surface area contributed by atoms with Crippen molar-refractivity contribution in [2.75, 3.05) is 5.32 Å². The summed E-state index contributed by atoms with van der Waals surface area (Å²) in [7, 11) is 0. The van der Waals surface area contributed by atoms with Crippen LogP contribution in [0.5, 0.6) is 0 Å². The van der Waals surface area contributed by atoms with Crippen molar-refractivity contribution in [1.82, 2.24) is 35.4 Å². The number of amides is 1. The van der Waals surface area contributed by atoms with E-state index >= 15 is 0 Å². The maximum Gasteiger partial charge on any atom is 0.416 e. The molecule has 1 amide bonds. The SMILES string of the molecule is O=C(NCc1cc(-c2nc3ccc(C(F)(F)F)cc3[nH]2)on1)c1ncnc(Nc2ccncc2)c1Cl. The van der Waals surface area contributed by atoms with Gasteiger partial charge in [0, 0.05) is 24.1 Å². The number of benzene rings is 1. The minimum Gasteiger partial charge on any atom is -0.353 e. The highest BCUT2D eigenvalue weighted by molar-refractivity contribution is 6.35. The average molecular weight is 515 g/mol. The second-order valence-electron chi connectivity index (χ2n) is 7.43. The topological polar surface area (TPSA) is 135 Å². The molecule has 14 heteroatoms. The smallest absolute Gasteiger partial charge is 0.353 e. The number of H-pyrrole nitrogens is 1. The summed E-state index contributed by atoms with van der Waals surface area (Å²) >= 11 is 6.32. The number of hydrogen-bond donors (Lipinski definition) is 3. The summed E-state index contributed by atoms with van der Waals surface area (Å²) in [6.45, 7) is -0.0335. The van der Waals surface area contributed by atoms with Gasteiger partial charge in [-0.2, -0.15) is 13.2 Å². The van der Waals surface area contributed by atoms with E-state index in [0.29, 0.717) is 16.9 Å². The number of aromatic amines is 1. The minimum atomic E-state index is -4.47. The van der Waals surface area contributed by atoms with E-state index in [1.54, 1.807) is 24.5 Å². The molecule has 5 aromatic rings. The number of imidazole rings is 1. The number of aromatic nitrogens is 6. The molecule has 182 valence electrons. The second-order valence-corrected chi connectivity index (χ2v) is 7.80. The van der Waals surface area contributed by atoms with Crippen molar-refractivity contribution in [3.63, 3.8) is 0 Å². The van der Waals surface area contributed by atoms with E-state index in [4.69, 9.17) is 16.1 Å². The monoisotopic (exact) mass is 514 g/mol. The Balaban J connectivity index is 1.28. The molecule has 1 aromatic carbocycles. The molecule has 0 saturated carbocycles. The summed E-state index contributed by atoms with van der Waals surface area (Å²) in [5.74, 6) is 0.0476. The van der Waals surface area contributed by atoms with Gasteiger partial charge >= 0.3 is 6.18 Å². The van der Waals surface area contributed by atoms with Crippen molar-refractivity contribution in [2.45, 2.75) is 12.7 Å². The van der Waals surface area contributed by atoms with Crippen LogP contribution in [0.1, 0.15) is 21.7 Å². The first kappa shape index (κ1) is 23.2. The maximum atomic E-state index is 12.9. The largest absolute Gasteiger partial charge is 0.416 e. The lowest BCUT2D eigenvalue weighted by Gasteiger charge is -2.09. The summed E-state index contributed by atoms with van der Waals surface area (Å²) in [5, 5.41) is 9.50. The fourth-order valence-corrected chi connectivity index (χ4v) is 3.48. The van der Waals surface area contributed by atoms with Crippen LogP contribution in [0, 0.1) is 0 Å². The van der Waals surface area contributed by atoms with Crippen molar-refractivity contribution in [1.29, 1.82) is 0 Å². The number of anilines is 2. The Morgan fingerprint density at radius 2 is 1.92 bits per heavy atom. The van der Waals surface area contributed by atoms with Crippen molar-refractivity contribution in [3.05, 3.63) is 77.1 Å². The van der Waals surface area contributed by atoms with E-state index in [0.717, 1.165) is 12.1 Å². The number of rotatable bonds is 6. The first-order chi connectivity index (χ1) is 17.3. The van der Waals surface area contributed by atoms with Gasteiger partial charge in [-0.15, -0.1) is 0 Å². The zero-order valence-corrected chi connectivity index (χ0v) is 18.7. The van der Waals surface area contributed by atoms with E-state index in [1.807, 2.05) is 0 Å². The van der Waals surface area contributed by atoms with Crippen LogP contribution in [0.2, 0.25) is 5.02 Å². The predicted octanol–water partition coefficient (Wildman–Crippen LogP) is 4.75. The fourth-order valence-electron chi connectivity index (χ4n) is 3.25. The molecule has 0 fully saturated rings. The Kier molecular flexibility index (Phi) is 5.98. The highest BCUT2D eigenvalue weighted by Gasteiger charge is 2.31. The number of carbonyl (C=O) groups is 1. The Labute approximate surface area is 204 Å². The van der Waals surface area contributed by atoms with Gasteiger partial charge in [-0.3, -0.25) is 9.78 Å². The molecule has 0 radical (unpaired) electrons. The Hall–Kier alpha value is -4.52. The normalized spacial score (nSPS) is 11.6. The summed E-state index contributed by atoms with van der Waals surface area (Å²) < 4.78 is 44.1. The van der Waals surface area contributed by atoms with E-state index in [-0.39, 0.29) is 40.2 Å². The van der Waals surface area contributed by atoms with Crippen LogP contribution < -0.4 is 10.6 Å². The van der Waals surface area contributed by atoms with Crippen LogP contribution >= 0.6 is 11.6 Å². The molecule has 0 unspecified atom stereocenters. The van der Waals surface area contributed by atoms with Crippen LogP contribution in [0.4, 0.5) is 24.7 Å². The van der Waals surface area contributed by atoms with E-state index in [1.165, 1.54) is 18.5 Å². The molecule has 10 nitrogen and oxygen atoms in total. The molecule has 0 spiro atoms. The molecule has 0 saturated heterocycles. The van der Waals surface area contributed by atoms with Gasteiger partial charge in [0.15, 0.2) is 17.3 Å². The lowest BCUT2D eigenvalue weighted by Crippen LogP contribution is -2.24. The van der Waals surface area contributed by atoms with Gasteiger partial charge in [-0.05, 0) is 30.3 Å². The van der Waals surface area contributed by atoms with Gasteiger partial charge in [-0.1, -0.05) is 16.8 Å².